The monoisotopic (exact) mass is 450 g/mol. The lowest BCUT2D eigenvalue weighted by Crippen LogP contribution is -2.53. The molecular formula is C26H30N2O5. The third-order valence-corrected chi connectivity index (χ3v) is 6.08. The Kier molecular flexibility index (Phi) is 7.87. The molecule has 7 nitrogen and oxygen atoms in total. The Morgan fingerprint density at radius 3 is 2.21 bits per heavy atom. The number of rotatable bonds is 10. The molecule has 0 spiro atoms. The van der Waals surface area contributed by atoms with E-state index in [1.165, 1.54) is 6.08 Å². The van der Waals surface area contributed by atoms with Gasteiger partial charge >= 0.3 is 12.1 Å². The van der Waals surface area contributed by atoms with E-state index in [1.807, 2.05) is 50.2 Å². The minimum atomic E-state index is -1.13. The van der Waals surface area contributed by atoms with E-state index >= 15 is 0 Å². The van der Waals surface area contributed by atoms with Gasteiger partial charge in [-0.25, -0.2) is 4.79 Å². The van der Waals surface area contributed by atoms with Crippen molar-refractivity contribution in [3.05, 3.63) is 72.3 Å². The van der Waals surface area contributed by atoms with Crippen LogP contribution in [0.1, 0.15) is 37.3 Å². The summed E-state index contributed by atoms with van der Waals surface area (Å²) in [5.41, 5.74) is 4.45. The van der Waals surface area contributed by atoms with Crippen molar-refractivity contribution in [3.8, 4) is 11.1 Å². The van der Waals surface area contributed by atoms with Crippen molar-refractivity contribution in [2.24, 2.45) is 5.92 Å². The van der Waals surface area contributed by atoms with Crippen molar-refractivity contribution in [2.45, 2.75) is 32.2 Å². The summed E-state index contributed by atoms with van der Waals surface area (Å²) < 4.78 is 5.58. The second kappa shape index (κ2) is 10.8. The molecular weight excluding hydrogens is 420 g/mol. The molecule has 2 atom stereocenters. The number of amides is 2. The number of hydrogen-bond acceptors (Lipinski definition) is 4. The predicted octanol–water partition coefficient (Wildman–Crippen LogP) is 4.04. The molecule has 0 saturated heterocycles. The van der Waals surface area contributed by atoms with Crippen LogP contribution in [0, 0.1) is 5.92 Å². The first-order valence-corrected chi connectivity index (χ1v) is 11.1. The molecule has 0 aromatic heterocycles. The van der Waals surface area contributed by atoms with Crippen LogP contribution in [-0.4, -0.2) is 53.7 Å². The van der Waals surface area contributed by atoms with Gasteiger partial charge < -0.3 is 20.1 Å². The lowest BCUT2D eigenvalue weighted by Gasteiger charge is -2.29. The number of nitrogens with one attached hydrogen (secondary N) is 1. The zero-order chi connectivity index (χ0) is 24.0. The molecule has 2 aromatic carbocycles. The van der Waals surface area contributed by atoms with Gasteiger partial charge in [0.1, 0.15) is 19.2 Å². The second-order valence-corrected chi connectivity index (χ2v) is 8.23. The summed E-state index contributed by atoms with van der Waals surface area (Å²) in [5.74, 6) is -1.90. The van der Waals surface area contributed by atoms with Crippen LogP contribution in [-0.2, 0) is 14.3 Å². The van der Waals surface area contributed by atoms with E-state index in [-0.39, 0.29) is 25.0 Å². The molecule has 0 heterocycles. The van der Waals surface area contributed by atoms with E-state index in [0.717, 1.165) is 27.2 Å². The van der Waals surface area contributed by atoms with Gasteiger partial charge in [0.25, 0.3) is 0 Å². The Bertz CT molecular complexity index is 989. The van der Waals surface area contributed by atoms with Crippen LogP contribution in [0.5, 0.6) is 0 Å². The van der Waals surface area contributed by atoms with Gasteiger partial charge in [-0.3, -0.25) is 9.59 Å². The normalized spacial score (nSPS) is 13.9. The number of carbonyl (C=O) groups is 3. The lowest BCUT2D eigenvalue weighted by atomic mass is 9.97. The van der Waals surface area contributed by atoms with Crippen molar-refractivity contribution in [3.63, 3.8) is 0 Å². The number of benzene rings is 2. The average Bonchev–Trinajstić information content (AvgIpc) is 3.13. The van der Waals surface area contributed by atoms with Gasteiger partial charge in [0.05, 0.1) is 0 Å². The Morgan fingerprint density at radius 2 is 1.70 bits per heavy atom. The summed E-state index contributed by atoms with van der Waals surface area (Å²) in [4.78, 5) is 38.1. The fraction of sp³-hybridized carbons (Fsp3) is 0.346. The van der Waals surface area contributed by atoms with Crippen molar-refractivity contribution < 1.29 is 24.2 Å². The number of carboxylic acids is 1. The van der Waals surface area contributed by atoms with Gasteiger partial charge in [0.15, 0.2) is 0 Å². The number of carbonyl (C=O) groups excluding carboxylic acids is 2. The Labute approximate surface area is 194 Å². The van der Waals surface area contributed by atoms with Crippen LogP contribution in [0.2, 0.25) is 0 Å². The van der Waals surface area contributed by atoms with Crippen LogP contribution in [0.15, 0.2) is 61.2 Å². The first-order valence-electron chi connectivity index (χ1n) is 11.1. The average molecular weight is 451 g/mol. The summed E-state index contributed by atoms with van der Waals surface area (Å²) in [6.45, 7) is 7.06. The first kappa shape index (κ1) is 24.0. The van der Waals surface area contributed by atoms with Crippen LogP contribution in [0.3, 0.4) is 0 Å². The molecule has 0 aliphatic heterocycles. The molecule has 0 fully saturated rings. The molecule has 1 aliphatic carbocycles. The van der Waals surface area contributed by atoms with Crippen molar-refractivity contribution >= 4 is 18.0 Å². The highest BCUT2D eigenvalue weighted by Crippen LogP contribution is 2.44. The summed E-state index contributed by atoms with van der Waals surface area (Å²) in [7, 11) is 0. The smallest absolute Gasteiger partial charge is 0.407 e. The van der Waals surface area contributed by atoms with Crippen molar-refractivity contribution in [1.82, 2.24) is 10.2 Å². The van der Waals surface area contributed by atoms with E-state index < -0.39 is 30.6 Å². The highest BCUT2D eigenvalue weighted by molar-refractivity contribution is 5.88. The SMILES string of the molecule is C=CCN(CC(=O)O)C(=O)[C@@H](NC(=O)OCC1c2ccccc2-c2ccccc21)C(C)CC. The quantitative estimate of drug-likeness (QED) is 0.533. The molecule has 0 saturated carbocycles. The van der Waals surface area contributed by atoms with Gasteiger partial charge in [-0.1, -0.05) is 74.9 Å². The minimum absolute atomic E-state index is 0.0738. The van der Waals surface area contributed by atoms with E-state index in [9.17, 15) is 14.4 Å². The maximum Gasteiger partial charge on any atom is 0.407 e. The Balaban J connectivity index is 1.72. The number of nitrogens with zero attached hydrogens (tertiary/aromatic N) is 1. The zero-order valence-electron chi connectivity index (χ0n) is 19.0. The highest BCUT2D eigenvalue weighted by Gasteiger charge is 2.32. The molecule has 3 rings (SSSR count). The molecule has 0 radical (unpaired) electrons. The number of alkyl carbamates (subject to hydrolysis) is 1. The number of ether oxygens (including phenoxy) is 1. The zero-order valence-corrected chi connectivity index (χ0v) is 19.0. The van der Waals surface area contributed by atoms with Crippen LogP contribution >= 0.6 is 0 Å². The molecule has 33 heavy (non-hydrogen) atoms. The second-order valence-electron chi connectivity index (χ2n) is 8.23. The lowest BCUT2D eigenvalue weighted by molar-refractivity contribution is -0.145. The molecule has 0 bridgehead atoms. The van der Waals surface area contributed by atoms with E-state index in [1.54, 1.807) is 0 Å². The van der Waals surface area contributed by atoms with Gasteiger partial charge in [-0.05, 0) is 28.2 Å². The summed E-state index contributed by atoms with van der Waals surface area (Å²) in [6.07, 6.45) is 1.38. The van der Waals surface area contributed by atoms with E-state index in [2.05, 4.69) is 24.0 Å². The van der Waals surface area contributed by atoms with Gasteiger partial charge in [0, 0.05) is 12.5 Å². The molecule has 7 heteroatoms. The number of carboxylic acid groups (broad SMARTS) is 1. The van der Waals surface area contributed by atoms with Gasteiger partial charge in [-0.2, -0.15) is 0 Å². The fourth-order valence-electron chi connectivity index (χ4n) is 4.20. The maximum atomic E-state index is 13.0. The number of aliphatic carboxylic acids is 1. The molecule has 1 unspecified atom stereocenters. The Morgan fingerprint density at radius 1 is 1.12 bits per heavy atom. The van der Waals surface area contributed by atoms with Crippen molar-refractivity contribution in [1.29, 1.82) is 0 Å². The maximum absolute atomic E-state index is 13.0. The summed E-state index contributed by atoms with van der Waals surface area (Å²) in [5, 5.41) is 11.8. The topological polar surface area (TPSA) is 95.9 Å². The highest BCUT2D eigenvalue weighted by atomic mass is 16.5. The third kappa shape index (κ3) is 5.42. The Hall–Kier alpha value is -3.61. The van der Waals surface area contributed by atoms with E-state index in [4.69, 9.17) is 9.84 Å². The third-order valence-electron chi connectivity index (χ3n) is 6.08. The summed E-state index contributed by atoms with van der Waals surface area (Å²) in [6, 6.07) is 15.2. The minimum Gasteiger partial charge on any atom is -0.480 e. The molecule has 2 aromatic rings. The van der Waals surface area contributed by atoms with Crippen LogP contribution < -0.4 is 5.32 Å². The predicted molar refractivity (Wildman–Crippen MR) is 126 cm³/mol. The first-order chi connectivity index (χ1) is 15.9. The molecule has 2 N–H and O–H groups in total. The van der Waals surface area contributed by atoms with Crippen LogP contribution in [0.25, 0.3) is 11.1 Å². The van der Waals surface area contributed by atoms with Crippen molar-refractivity contribution in [2.75, 3.05) is 19.7 Å². The fourth-order valence-corrected chi connectivity index (χ4v) is 4.20. The summed E-state index contributed by atoms with van der Waals surface area (Å²) >= 11 is 0. The van der Waals surface area contributed by atoms with Crippen LogP contribution in [0.4, 0.5) is 4.79 Å². The van der Waals surface area contributed by atoms with Gasteiger partial charge in [-0.15, -0.1) is 6.58 Å². The molecule has 2 amide bonds. The molecule has 174 valence electrons. The number of fused-ring (bicyclic) bond motifs is 3. The molecule has 1 aliphatic rings. The standard InChI is InChI=1S/C26H30N2O5/c1-4-14-28(15-23(29)30)25(31)24(17(3)5-2)27-26(32)33-16-22-20-12-8-6-10-18(20)19-11-7-9-13-21(19)22/h4,6-13,17,22,24H,1,5,14-16H2,2-3H3,(H,27,32)(H,29,30)/t17?,24-/m0/s1. The van der Waals surface area contributed by atoms with E-state index in [0.29, 0.717) is 6.42 Å². The van der Waals surface area contributed by atoms with Gasteiger partial charge in [0.2, 0.25) is 5.91 Å². The number of hydrogen-bond donors (Lipinski definition) is 2. The largest absolute Gasteiger partial charge is 0.480 e.